The molecule has 8 atom stereocenters. The van der Waals surface area contributed by atoms with Gasteiger partial charge in [0.05, 0.1) is 0 Å². The maximum atomic E-state index is 2.74. The Morgan fingerprint density at radius 3 is 2.62 bits per heavy atom. The van der Waals surface area contributed by atoms with Gasteiger partial charge in [0.2, 0.25) is 0 Å². The van der Waals surface area contributed by atoms with Crippen LogP contribution in [0.2, 0.25) is 0 Å². The molecule has 0 saturated heterocycles. The lowest BCUT2D eigenvalue weighted by Crippen LogP contribution is -2.50. The summed E-state index contributed by atoms with van der Waals surface area (Å²) in [5.41, 5.74) is 3.08. The first-order chi connectivity index (χ1) is 11.4. The molecule has 0 N–H and O–H groups in total. The average Bonchev–Trinajstić information content (AvgIpc) is 2.92. The van der Waals surface area contributed by atoms with Crippen LogP contribution in [-0.4, -0.2) is 0 Å². The largest absolute Gasteiger partial charge is 0.0845 e. The second kappa shape index (κ2) is 5.88. The van der Waals surface area contributed by atoms with Gasteiger partial charge in [0.25, 0.3) is 0 Å². The molecule has 3 fully saturated rings. The highest BCUT2D eigenvalue weighted by Gasteiger charge is 2.58. The molecule has 1 unspecified atom stereocenters. The minimum atomic E-state index is 0.561. The van der Waals surface area contributed by atoms with Gasteiger partial charge in [-0.3, -0.25) is 0 Å². The van der Waals surface area contributed by atoms with Crippen LogP contribution in [0.15, 0.2) is 11.6 Å². The molecule has 136 valence electrons. The molecule has 4 aliphatic rings. The average molecular weight is 329 g/mol. The third kappa shape index (κ3) is 2.30. The highest BCUT2D eigenvalue weighted by atomic mass is 14.6. The van der Waals surface area contributed by atoms with E-state index in [1.165, 1.54) is 57.8 Å². The number of hydrogen-bond donors (Lipinski definition) is 0. The Morgan fingerprint density at radius 2 is 1.88 bits per heavy atom. The van der Waals surface area contributed by atoms with Crippen LogP contribution < -0.4 is 0 Å². The van der Waals surface area contributed by atoms with Crippen molar-refractivity contribution in [2.24, 2.45) is 46.3 Å². The highest BCUT2D eigenvalue weighted by molar-refractivity contribution is 5.25. The summed E-state index contributed by atoms with van der Waals surface area (Å²) in [6.07, 6.45) is 16.0. The molecule has 4 aliphatic carbocycles. The van der Waals surface area contributed by atoms with E-state index in [1.807, 2.05) is 5.57 Å². The first kappa shape index (κ1) is 17.2. The molecule has 24 heavy (non-hydrogen) atoms. The molecule has 4 rings (SSSR count). The second-order valence-corrected chi connectivity index (χ2v) is 10.7. The van der Waals surface area contributed by atoms with Gasteiger partial charge in [-0.1, -0.05) is 52.7 Å². The van der Waals surface area contributed by atoms with Crippen LogP contribution in [0.4, 0.5) is 0 Å². The Balaban J connectivity index is 1.63. The fourth-order valence-corrected chi connectivity index (χ4v) is 8.10. The van der Waals surface area contributed by atoms with Crippen LogP contribution >= 0.6 is 0 Å². The van der Waals surface area contributed by atoms with Crippen LogP contribution in [0.25, 0.3) is 0 Å². The minimum Gasteiger partial charge on any atom is -0.0845 e. The lowest BCUT2D eigenvalue weighted by molar-refractivity contribution is -0.0518. The Hall–Kier alpha value is -0.260. The van der Waals surface area contributed by atoms with Gasteiger partial charge >= 0.3 is 0 Å². The molecule has 0 heteroatoms. The Kier molecular flexibility index (Phi) is 4.21. The Bertz CT molecular complexity index is 516. The van der Waals surface area contributed by atoms with Crippen LogP contribution in [-0.2, 0) is 0 Å². The molecule has 0 nitrogen and oxygen atoms in total. The summed E-state index contributed by atoms with van der Waals surface area (Å²) in [6.45, 7) is 12.8. The predicted molar refractivity (Wildman–Crippen MR) is 104 cm³/mol. The fourth-order valence-electron chi connectivity index (χ4n) is 8.10. The van der Waals surface area contributed by atoms with E-state index in [4.69, 9.17) is 0 Å². The van der Waals surface area contributed by atoms with E-state index < -0.39 is 0 Å². The lowest BCUT2D eigenvalue weighted by atomic mass is 9.46. The third-order valence-corrected chi connectivity index (χ3v) is 9.75. The van der Waals surface area contributed by atoms with E-state index in [9.17, 15) is 0 Å². The third-order valence-electron chi connectivity index (χ3n) is 9.75. The molecule has 0 bridgehead atoms. The van der Waals surface area contributed by atoms with Crippen molar-refractivity contribution in [3.05, 3.63) is 11.6 Å². The number of fused-ring (bicyclic) bond motifs is 5. The van der Waals surface area contributed by atoms with Gasteiger partial charge < -0.3 is 0 Å². The van der Waals surface area contributed by atoms with E-state index in [1.54, 1.807) is 0 Å². The van der Waals surface area contributed by atoms with Crippen LogP contribution in [0.3, 0.4) is 0 Å². The fraction of sp³-hybridized carbons (Fsp3) is 0.917. The summed E-state index contributed by atoms with van der Waals surface area (Å²) < 4.78 is 0. The minimum absolute atomic E-state index is 0.561. The van der Waals surface area contributed by atoms with Gasteiger partial charge in [0.1, 0.15) is 0 Å². The van der Waals surface area contributed by atoms with Crippen LogP contribution in [0.5, 0.6) is 0 Å². The second-order valence-electron chi connectivity index (χ2n) is 10.7. The molecular weight excluding hydrogens is 288 g/mol. The number of hydrogen-bond acceptors (Lipinski definition) is 0. The summed E-state index contributed by atoms with van der Waals surface area (Å²) in [5, 5.41) is 0. The smallest absolute Gasteiger partial charge is 0.00851 e. The molecule has 0 aromatic carbocycles. The zero-order valence-electron chi connectivity index (χ0n) is 16.9. The van der Waals surface area contributed by atoms with Gasteiger partial charge in [0.15, 0.2) is 0 Å². The molecular formula is C24H40. The van der Waals surface area contributed by atoms with E-state index in [0.29, 0.717) is 10.8 Å². The highest BCUT2D eigenvalue weighted by Crippen LogP contribution is 2.67. The lowest BCUT2D eigenvalue weighted by Gasteiger charge is -2.58. The first-order valence-corrected chi connectivity index (χ1v) is 11.1. The summed E-state index contributed by atoms with van der Waals surface area (Å²) >= 11 is 0. The van der Waals surface area contributed by atoms with Crippen LogP contribution in [0.1, 0.15) is 92.4 Å². The van der Waals surface area contributed by atoms with E-state index in [-0.39, 0.29) is 0 Å². The molecule has 0 radical (unpaired) electrons. The SMILES string of the molecule is CC[C@H](C)[C@H]1CC[C@H]2[C@@H]3CC=C4CC(C)CC[C@]4(C)[C@H]3CC[C@]12C. The van der Waals surface area contributed by atoms with Gasteiger partial charge in [0, 0.05) is 0 Å². The molecule has 0 aromatic rings. The summed E-state index contributed by atoms with van der Waals surface area (Å²) in [7, 11) is 0. The maximum absolute atomic E-state index is 2.74. The predicted octanol–water partition coefficient (Wildman–Crippen LogP) is 7.25. The summed E-state index contributed by atoms with van der Waals surface area (Å²) in [6, 6.07) is 0. The quantitative estimate of drug-likeness (QED) is 0.468. The standard InChI is InChI=1S/C24H40/c1-6-17(3)20-9-10-21-19-8-7-18-15-16(2)11-13-23(18,4)22(19)12-14-24(20,21)5/h7,16-17,19-22H,6,8-15H2,1-5H3/t16?,17-,19-,20+,21-,22-,23-,24+/m0/s1. The maximum Gasteiger partial charge on any atom is -0.00851 e. The molecule has 0 heterocycles. The monoisotopic (exact) mass is 328 g/mol. The van der Waals surface area contributed by atoms with E-state index >= 15 is 0 Å². The van der Waals surface area contributed by atoms with Gasteiger partial charge in [-0.25, -0.2) is 0 Å². The topological polar surface area (TPSA) is 0 Å². The van der Waals surface area contributed by atoms with Crippen molar-refractivity contribution in [2.75, 3.05) is 0 Å². The zero-order chi connectivity index (χ0) is 17.1. The molecule has 0 amide bonds. The van der Waals surface area contributed by atoms with Crippen molar-refractivity contribution in [2.45, 2.75) is 92.4 Å². The van der Waals surface area contributed by atoms with Crippen molar-refractivity contribution in [1.29, 1.82) is 0 Å². The van der Waals surface area contributed by atoms with Gasteiger partial charge in [-0.15, -0.1) is 0 Å². The summed E-state index contributed by atoms with van der Waals surface area (Å²) in [4.78, 5) is 0. The molecule has 0 aromatic heterocycles. The molecule has 3 saturated carbocycles. The summed E-state index contributed by atoms with van der Waals surface area (Å²) in [5.74, 6) is 5.87. The van der Waals surface area contributed by atoms with Crippen molar-refractivity contribution in [3.8, 4) is 0 Å². The van der Waals surface area contributed by atoms with Gasteiger partial charge in [-0.05, 0) is 97.7 Å². The van der Waals surface area contributed by atoms with Crippen molar-refractivity contribution < 1.29 is 0 Å². The number of allylic oxidation sites excluding steroid dienone is 2. The van der Waals surface area contributed by atoms with E-state index in [2.05, 4.69) is 40.7 Å². The van der Waals surface area contributed by atoms with Gasteiger partial charge in [-0.2, -0.15) is 0 Å². The zero-order valence-corrected chi connectivity index (χ0v) is 16.9. The molecule has 0 spiro atoms. The van der Waals surface area contributed by atoms with Crippen molar-refractivity contribution in [1.82, 2.24) is 0 Å². The Morgan fingerprint density at radius 1 is 1.08 bits per heavy atom. The van der Waals surface area contributed by atoms with E-state index in [0.717, 1.165) is 35.5 Å². The van der Waals surface area contributed by atoms with Crippen molar-refractivity contribution >= 4 is 0 Å². The number of rotatable bonds is 2. The normalized spacial score (nSPS) is 52.0. The Labute approximate surface area is 150 Å². The van der Waals surface area contributed by atoms with Crippen molar-refractivity contribution in [3.63, 3.8) is 0 Å². The first-order valence-electron chi connectivity index (χ1n) is 11.1. The van der Waals surface area contributed by atoms with Crippen LogP contribution in [0, 0.1) is 46.3 Å². The molecule has 0 aliphatic heterocycles.